The molecule has 0 atom stereocenters. The molecule has 2 rings (SSSR count). The molecule has 0 aliphatic rings. The Morgan fingerprint density at radius 1 is 0.731 bits per heavy atom. The van der Waals surface area contributed by atoms with Gasteiger partial charge < -0.3 is 11.9 Å². The van der Waals surface area contributed by atoms with Crippen molar-refractivity contribution in [3.05, 3.63) is 59.7 Å². The smallest absolute Gasteiger partial charge is 1.00 e. The van der Waals surface area contributed by atoms with Crippen molar-refractivity contribution < 1.29 is 21.4 Å². The Morgan fingerprint density at radius 2 is 1.00 bits per heavy atom. The predicted molar refractivity (Wildman–Crippen MR) is 109 cm³/mol. The predicted octanol–water partition coefficient (Wildman–Crippen LogP) is 5.68. The fourth-order valence-electron chi connectivity index (χ4n) is 2.32. The first-order chi connectivity index (χ1) is 11.4. The molecule has 140 valence electrons. The Balaban J connectivity index is 0. The molecule has 0 amide bonds. The molecule has 0 aliphatic carbocycles. The molecule has 4 nitrogen and oxygen atoms in total. The van der Waals surface area contributed by atoms with Crippen molar-refractivity contribution in [1.29, 1.82) is 0 Å². The van der Waals surface area contributed by atoms with Crippen molar-refractivity contribution in [2.75, 3.05) is 0 Å². The number of hydrogen-bond donors (Lipinski definition) is 1. The van der Waals surface area contributed by atoms with Crippen LogP contribution in [0.5, 0.6) is 11.5 Å². The van der Waals surface area contributed by atoms with E-state index in [1.165, 1.54) is 0 Å². The van der Waals surface area contributed by atoms with E-state index in [2.05, 4.69) is 41.5 Å². The summed E-state index contributed by atoms with van der Waals surface area (Å²) in [7, 11) is -4.25. The first-order valence-corrected chi connectivity index (χ1v) is 9.79. The van der Waals surface area contributed by atoms with Gasteiger partial charge in [0.15, 0.2) is 0 Å². The molecule has 1 N–H and O–H groups in total. The van der Waals surface area contributed by atoms with E-state index in [0.717, 1.165) is 11.1 Å². The molecule has 0 spiro atoms. The molecule has 0 saturated heterocycles. The van der Waals surface area contributed by atoms with Gasteiger partial charge in [-0.15, -0.1) is 0 Å². The van der Waals surface area contributed by atoms with Gasteiger partial charge in [-0.1, -0.05) is 65.8 Å². The zero-order valence-corrected chi connectivity index (χ0v) is 19.5. The standard InChI is InChI=1S/C20H27O4P.Ca.2H/c1-19(2,3)15-7-11-17(12-8-15)23-25(21,22)24-18-13-9-16(10-14-18)20(4,5)6;;;/h7-14H,1-6H3,(H,21,22);;;/q;+2;2*-1. The van der Waals surface area contributed by atoms with Gasteiger partial charge in [0, 0.05) is 0 Å². The normalized spacial score (nSPS) is 12.3. The van der Waals surface area contributed by atoms with Crippen LogP contribution in [-0.4, -0.2) is 42.6 Å². The summed E-state index contributed by atoms with van der Waals surface area (Å²) in [5.74, 6) is 0.593. The molecule has 0 heterocycles. The van der Waals surface area contributed by atoms with Crippen LogP contribution in [0.25, 0.3) is 0 Å². The zero-order chi connectivity index (χ0) is 18.9. The number of hydrogen-bond acceptors (Lipinski definition) is 3. The van der Waals surface area contributed by atoms with Gasteiger partial charge in [-0.25, -0.2) is 4.57 Å². The third-order valence-corrected chi connectivity index (χ3v) is 4.77. The van der Waals surface area contributed by atoms with E-state index in [4.69, 9.17) is 9.05 Å². The molecule has 2 aromatic rings. The van der Waals surface area contributed by atoms with Crippen molar-refractivity contribution in [1.82, 2.24) is 0 Å². The van der Waals surface area contributed by atoms with Crippen molar-refractivity contribution >= 4 is 45.6 Å². The van der Waals surface area contributed by atoms with Crippen molar-refractivity contribution in [3.8, 4) is 11.5 Å². The maximum atomic E-state index is 12.2. The summed E-state index contributed by atoms with van der Waals surface area (Å²) >= 11 is 0. The first kappa shape index (κ1) is 23.5. The molecule has 2 aromatic carbocycles. The van der Waals surface area contributed by atoms with Crippen LogP contribution in [0.15, 0.2) is 48.5 Å². The maximum absolute atomic E-state index is 12.2. The second kappa shape index (κ2) is 8.67. The SMILES string of the molecule is CC(C)(C)c1ccc(OP(=O)(O)Oc2ccc(C(C)(C)C)cc2)cc1.[Ca+2].[H-].[H-]. The van der Waals surface area contributed by atoms with E-state index in [9.17, 15) is 9.46 Å². The summed E-state index contributed by atoms with van der Waals surface area (Å²) in [6, 6.07) is 14.2. The summed E-state index contributed by atoms with van der Waals surface area (Å²) in [5.41, 5.74) is 2.25. The van der Waals surface area contributed by atoms with Gasteiger partial charge in [0.05, 0.1) is 0 Å². The van der Waals surface area contributed by atoms with E-state index in [-0.39, 0.29) is 51.4 Å². The van der Waals surface area contributed by atoms with E-state index < -0.39 is 7.82 Å². The van der Waals surface area contributed by atoms with Gasteiger partial charge in [-0.3, -0.25) is 4.89 Å². The fraction of sp³-hybridized carbons (Fsp3) is 0.400. The molecule has 0 fully saturated rings. The summed E-state index contributed by atoms with van der Waals surface area (Å²) in [5, 5.41) is 0. The number of phosphoric acid groups is 1. The van der Waals surface area contributed by atoms with E-state index in [0.29, 0.717) is 11.5 Å². The molecule has 26 heavy (non-hydrogen) atoms. The molecule has 0 saturated carbocycles. The largest absolute Gasteiger partial charge is 2.00 e. The summed E-state index contributed by atoms with van der Waals surface area (Å²) in [6.45, 7) is 12.6. The van der Waals surface area contributed by atoms with Crippen LogP contribution in [0.4, 0.5) is 0 Å². The minimum absolute atomic E-state index is 0. The third kappa shape index (κ3) is 6.90. The van der Waals surface area contributed by atoms with Gasteiger partial charge in [0.25, 0.3) is 0 Å². The Labute approximate surface area is 189 Å². The van der Waals surface area contributed by atoms with Crippen LogP contribution >= 0.6 is 7.82 Å². The molecule has 6 heteroatoms. The first-order valence-electron chi connectivity index (χ1n) is 8.30. The molecular formula is C20H29CaO4P. The molecular weight excluding hydrogens is 375 g/mol. The van der Waals surface area contributed by atoms with Crippen LogP contribution in [0.3, 0.4) is 0 Å². The third-order valence-electron chi connectivity index (χ3n) is 3.88. The van der Waals surface area contributed by atoms with E-state index >= 15 is 0 Å². The van der Waals surface area contributed by atoms with E-state index in [1.54, 1.807) is 24.3 Å². The number of phosphoric ester groups is 1. The summed E-state index contributed by atoms with van der Waals surface area (Å²) in [6.07, 6.45) is 0. The van der Waals surface area contributed by atoms with Gasteiger partial charge in [-0.2, -0.15) is 0 Å². The average Bonchev–Trinajstić information content (AvgIpc) is 2.45. The van der Waals surface area contributed by atoms with Crippen molar-refractivity contribution in [2.45, 2.75) is 52.4 Å². The topological polar surface area (TPSA) is 55.8 Å². The number of benzene rings is 2. The Morgan fingerprint density at radius 3 is 1.23 bits per heavy atom. The number of rotatable bonds is 4. The minimum Gasteiger partial charge on any atom is -1.00 e. The second-order valence-corrected chi connectivity index (χ2v) is 9.50. The molecule has 0 radical (unpaired) electrons. The minimum atomic E-state index is -4.25. The monoisotopic (exact) mass is 404 g/mol. The summed E-state index contributed by atoms with van der Waals surface area (Å²) < 4.78 is 22.5. The average molecular weight is 404 g/mol. The van der Waals surface area contributed by atoms with Gasteiger partial charge in [0.1, 0.15) is 11.5 Å². The quantitative estimate of drug-likeness (QED) is 0.526. The molecule has 0 aliphatic heterocycles. The molecule has 0 aromatic heterocycles. The Hall–Kier alpha value is -0.510. The second-order valence-electron chi connectivity index (χ2n) is 8.20. The van der Waals surface area contributed by atoms with Crippen LogP contribution in [0.2, 0.25) is 0 Å². The van der Waals surface area contributed by atoms with Crippen LogP contribution < -0.4 is 9.05 Å². The molecule has 0 unspecified atom stereocenters. The van der Waals surface area contributed by atoms with E-state index in [1.807, 2.05) is 24.3 Å². The van der Waals surface area contributed by atoms with Crippen molar-refractivity contribution in [2.24, 2.45) is 0 Å². The van der Waals surface area contributed by atoms with Crippen LogP contribution in [0, 0.1) is 0 Å². The Bertz CT molecular complexity index is 703. The molecule has 0 bridgehead atoms. The summed E-state index contributed by atoms with van der Waals surface area (Å²) in [4.78, 5) is 9.99. The van der Waals surface area contributed by atoms with Gasteiger partial charge >= 0.3 is 45.6 Å². The Kier molecular flexibility index (Phi) is 7.84. The van der Waals surface area contributed by atoms with Crippen LogP contribution in [0.1, 0.15) is 55.5 Å². The van der Waals surface area contributed by atoms with Crippen LogP contribution in [-0.2, 0) is 15.4 Å². The maximum Gasteiger partial charge on any atom is 2.00 e. The zero-order valence-electron chi connectivity index (χ0n) is 18.4. The fourth-order valence-corrected chi connectivity index (χ4v) is 3.13. The van der Waals surface area contributed by atoms with Gasteiger partial charge in [-0.05, 0) is 46.2 Å². The van der Waals surface area contributed by atoms with Crippen molar-refractivity contribution in [3.63, 3.8) is 0 Å². The van der Waals surface area contributed by atoms with Gasteiger partial charge in [0.2, 0.25) is 0 Å².